The predicted molar refractivity (Wildman–Crippen MR) is 112 cm³/mol. The van der Waals surface area contributed by atoms with Crippen molar-refractivity contribution in [2.45, 2.75) is 39.1 Å². The average molecular weight is 396 g/mol. The molecule has 0 bridgehead atoms. The lowest BCUT2D eigenvalue weighted by Gasteiger charge is -2.16. The maximum absolute atomic E-state index is 12.8. The molecule has 1 heterocycles. The summed E-state index contributed by atoms with van der Waals surface area (Å²) in [5, 5.41) is 5.32. The Balaban J connectivity index is 1.41. The first kappa shape index (κ1) is 19.8. The zero-order chi connectivity index (χ0) is 20.1. The van der Waals surface area contributed by atoms with Crippen LogP contribution < -0.4 is 10.1 Å². The third kappa shape index (κ3) is 5.11. The molecule has 3 aromatic carbocycles. The zero-order valence-corrected chi connectivity index (χ0v) is 16.4. The number of hydrogen-bond donors (Lipinski definition) is 1. The van der Waals surface area contributed by atoms with Gasteiger partial charge in [-0.25, -0.2) is 0 Å². The van der Waals surface area contributed by atoms with E-state index in [0.717, 1.165) is 22.9 Å². The SMILES string of the molecule is FC(F)Oc1ccc2ccccc2c1CNCc1ccc(CN2CCCC2)cc1. The highest BCUT2D eigenvalue weighted by atomic mass is 19.3. The van der Waals surface area contributed by atoms with E-state index in [1.807, 2.05) is 30.3 Å². The lowest BCUT2D eigenvalue weighted by atomic mass is 10.0. The number of benzene rings is 3. The quantitative estimate of drug-likeness (QED) is 0.557. The fourth-order valence-corrected chi connectivity index (χ4v) is 4.00. The molecule has 0 radical (unpaired) electrons. The van der Waals surface area contributed by atoms with Crippen molar-refractivity contribution >= 4 is 10.8 Å². The molecule has 3 aromatic rings. The van der Waals surface area contributed by atoms with Gasteiger partial charge in [0.2, 0.25) is 0 Å². The van der Waals surface area contributed by atoms with Crippen LogP contribution in [0.1, 0.15) is 29.5 Å². The Morgan fingerprint density at radius 1 is 0.862 bits per heavy atom. The van der Waals surface area contributed by atoms with Crippen LogP contribution in [0.25, 0.3) is 10.8 Å². The third-order valence-electron chi connectivity index (χ3n) is 5.47. The van der Waals surface area contributed by atoms with Crippen molar-refractivity contribution < 1.29 is 13.5 Å². The first-order valence-electron chi connectivity index (χ1n) is 10.2. The fraction of sp³-hybridized carbons (Fsp3) is 0.333. The number of fused-ring (bicyclic) bond motifs is 1. The predicted octanol–water partition coefficient (Wildman–Crippen LogP) is 5.33. The molecule has 0 unspecified atom stereocenters. The van der Waals surface area contributed by atoms with Crippen LogP contribution in [0.3, 0.4) is 0 Å². The van der Waals surface area contributed by atoms with Crippen molar-refractivity contribution in [3.05, 3.63) is 77.4 Å². The first-order valence-corrected chi connectivity index (χ1v) is 10.2. The van der Waals surface area contributed by atoms with Crippen molar-refractivity contribution in [3.63, 3.8) is 0 Å². The molecule has 1 fully saturated rings. The van der Waals surface area contributed by atoms with Crippen molar-refractivity contribution in [3.8, 4) is 5.75 Å². The molecule has 5 heteroatoms. The molecule has 1 N–H and O–H groups in total. The van der Waals surface area contributed by atoms with Crippen LogP contribution >= 0.6 is 0 Å². The monoisotopic (exact) mass is 396 g/mol. The fourth-order valence-electron chi connectivity index (χ4n) is 4.00. The highest BCUT2D eigenvalue weighted by molar-refractivity contribution is 5.87. The van der Waals surface area contributed by atoms with Gasteiger partial charge in [0.05, 0.1) is 0 Å². The normalized spacial score (nSPS) is 14.7. The molecule has 1 aliphatic rings. The summed E-state index contributed by atoms with van der Waals surface area (Å²) in [5.41, 5.74) is 3.26. The van der Waals surface area contributed by atoms with E-state index in [1.165, 1.54) is 37.1 Å². The van der Waals surface area contributed by atoms with Gasteiger partial charge >= 0.3 is 6.61 Å². The summed E-state index contributed by atoms with van der Waals surface area (Å²) in [6.07, 6.45) is 2.60. The van der Waals surface area contributed by atoms with Crippen LogP contribution in [-0.4, -0.2) is 24.6 Å². The van der Waals surface area contributed by atoms with Gasteiger partial charge < -0.3 is 10.1 Å². The van der Waals surface area contributed by atoms with E-state index in [4.69, 9.17) is 4.74 Å². The number of rotatable bonds is 8. The van der Waals surface area contributed by atoms with E-state index in [9.17, 15) is 8.78 Å². The maximum atomic E-state index is 12.8. The van der Waals surface area contributed by atoms with Gasteiger partial charge in [0.15, 0.2) is 0 Å². The van der Waals surface area contributed by atoms with Crippen LogP contribution in [0.4, 0.5) is 8.78 Å². The molecular formula is C24H26F2N2O. The topological polar surface area (TPSA) is 24.5 Å². The minimum Gasteiger partial charge on any atom is -0.434 e. The summed E-state index contributed by atoms with van der Waals surface area (Å²) in [6.45, 7) is 1.69. The molecular weight excluding hydrogens is 370 g/mol. The summed E-state index contributed by atoms with van der Waals surface area (Å²) in [5.74, 6) is 0.229. The van der Waals surface area contributed by atoms with E-state index in [-0.39, 0.29) is 5.75 Å². The molecule has 1 saturated heterocycles. The van der Waals surface area contributed by atoms with Crippen molar-refractivity contribution in [2.75, 3.05) is 13.1 Å². The van der Waals surface area contributed by atoms with E-state index in [0.29, 0.717) is 13.1 Å². The molecule has 29 heavy (non-hydrogen) atoms. The highest BCUT2D eigenvalue weighted by Gasteiger charge is 2.13. The van der Waals surface area contributed by atoms with Crippen molar-refractivity contribution in [2.24, 2.45) is 0 Å². The molecule has 0 saturated carbocycles. The molecule has 0 amide bonds. The molecule has 1 aliphatic heterocycles. The number of nitrogens with one attached hydrogen (secondary N) is 1. The lowest BCUT2D eigenvalue weighted by molar-refractivity contribution is -0.0503. The van der Waals surface area contributed by atoms with Gasteiger partial charge in [-0.2, -0.15) is 8.78 Å². The molecule has 152 valence electrons. The second kappa shape index (κ2) is 9.33. The van der Waals surface area contributed by atoms with E-state index >= 15 is 0 Å². The molecule has 0 aromatic heterocycles. The van der Waals surface area contributed by atoms with Crippen LogP contribution in [0.15, 0.2) is 60.7 Å². The van der Waals surface area contributed by atoms with Crippen molar-refractivity contribution in [1.82, 2.24) is 10.2 Å². The summed E-state index contributed by atoms with van der Waals surface area (Å²) in [6, 6.07) is 19.8. The van der Waals surface area contributed by atoms with E-state index in [1.54, 1.807) is 6.07 Å². The molecule has 0 aliphatic carbocycles. The van der Waals surface area contributed by atoms with Crippen LogP contribution in [0.5, 0.6) is 5.75 Å². The van der Waals surface area contributed by atoms with Gasteiger partial charge in [0, 0.05) is 25.2 Å². The van der Waals surface area contributed by atoms with Gasteiger partial charge in [-0.15, -0.1) is 0 Å². The van der Waals surface area contributed by atoms with Gasteiger partial charge in [-0.05, 0) is 53.9 Å². The van der Waals surface area contributed by atoms with E-state index in [2.05, 4.69) is 34.5 Å². The van der Waals surface area contributed by atoms with E-state index < -0.39 is 6.61 Å². The summed E-state index contributed by atoms with van der Waals surface area (Å²) in [7, 11) is 0. The standard InChI is InChI=1S/C24H26F2N2O/c25-24(26)29-23-12-11-20-5-1-2-6-21(20)22(23)16-27-15-18-7-9-19(10-8-18)17-28-13-3-4-14-28/h1-2,5-12,24,27H,3-4,13-17H2. The second-order valence-corrected chi connectivity index (χ2v) is 7.55. The van der Waals surface area contributed by atoms with Gasteiger partial charge in [-0.1, -0.05) is 54.6 Å². The van der Waals surface area contributed by atoms with Crippen LogP contribution in [0, 0.1) is 0 Å². The molecule has 0 atom stereocenters. The Kier molecular flexibility index (Phi) is 6.37. The second-order valence-electron chi connectivity index (χ2n) is 7.55. The number of alkyl halides is 2. The van der Waals surface area contributed by atoms with Crippen LogP contribution in [0.2, 0.25) is 0 Å². The van der Waals surface area contributed by atoms with Gasteiger partial charge in [0.25, 0.3) is 0 Å². The molecule has 4 rings (SSSR count). The first-order chi connectivity index (χ1) is 14.2. The number of ether oxygens (including phenoxy) is 1. The van der Waals surface area contributed by atoms with Crippen molar-refractivity contribution in [1.29, 1.82) is 0 Å². The number of halogens is 2. The minimum atomic E-state index is -2.84. The summed E-state index contributed by atoms with van der Waals surface area (Å²) >= 11 is 0. The summed E-state index contributed by atoms with van der Waals surface area (Å²) < 4.78 is 30.4. The average Bonchev–Trinajstić information content (AvgIpc) is 3.23. The zero-order valence-electron chi connectivity index (χ0n) is 16.4. The molecule has 0 spiro atoms. The Morgan fingerprint density at radius 2 is 1.59 bits per heavy atom. The van der Waals surface area contributed by atoms with Gasteiger partial charge in [0.1, 0.15) is 5.75 Å². The summed E-state index contributed by atoms with van der Waals surface area (Å²) in [4.78, 5) is 2.48. The Morgan fingerprint density at radius 3 is 2.34 bits per heavy atom. The Labute approximate surface area is 170 Å². The van der Waals surface area contributed by atoms with Gasteiger partial charge in [-0.3, -0.25) is 4.90 Å². The Hall–Kier alpha value is -2.50. The largest absolute Gasteiger partial charge is 0.434 e. The third-order valence-corrected chi connectivity index (χ3v) is 5.47. The van der Waals surface area contributed by atoms with Crippen LogP contribution in [-0.2, 0) is 19.6 Å². The number of hydrogen-bond acceptors (Lipinski definition) is 3. The number of nitrogens with zero attached hydrogens (tertiary/aromatic N) is 1. The minimum absolute atomic E-state index is 0.229. The number of likely N-dealkylation sites (tertiary alicyclic amines) is 1. The molecule has 3 nitrogen and oxygen atoms in total. The Bertz CT molecular complexity index is 937. The lowest BCUT2D eigenvalue weighted by Crippen LogP contribution is -2.18. The smallest absolute Gasteiger partial charge is 0.387 e. The highest BCUT2D eigenvalue weighted by Crippen LogP contribution is 2.29. The maximum Gasteiger partial charge on any atom is 0.387 e.